The zero-order valence-corrected chi connectivity index (χ0v) is 30.9. The van der Waals surface area contributed by atoms with Crippen molar-refractivity contribution in [3.05, 3.63) is 81.4 Å². The van der Waals surface area contributed by atoms with Gasteiger partial charge in [0.1, 0.15) is 24.2 Å². The number of hydrogen-bond acceptors (Lipinski definition) is 7. The summed E-state index contributed by atoms with van der Waals surface area (Å²) in [6.45, 7) is 1.91. The Kier molecular flexibility index (Phi) is 16.6. The minimum Gasteiger partial charge on any atom is -0.370 e. The molecule has 12 N–H and O–H groups in total. The van der Waals surface area contributed by atoms with E-state index < -0.39 is 53.7 Å². The number of guanidine groups is 1. The number of nitrogens with two attached hydrogens (primary N) is 4. The van der Waals surface area contributed by atoms with Crippen molar-refractivity contribution in [1.29, 1.82) is 0 Å². The van der Waals surface area contributed by atoms with Gasteiger partial charge in [-0.2, -0.15) is 0 Å². The molecule has 0 radical (unpaired) electrons. The molecule has 0 fully saturated rings. The van der Waals surface area contributed by atoms with Crippen molar-refractivity contribution in [3.8, 4) is 0 Å². The summed E-state index contributed by atoms with van der Waals surface area (Å²) in [7, 11) is 0. The fraction of sp³-hybridized carbons (Fsp3) is 0.389. The van der Waals surface area contributed by atoms with E-state index in [2.05, 4.69) is 48.9 Å². The van der Waals surface area contributed by atoms with Gasteiger partial charge in [-0.1, -0.05) is 54.6 Å². The summed E-state index contributed by atoms with van der Waals surface area (Å²) >= 11 is 2.17. The van der Waals surface area contributed by atoms with Crippen molar-refractivity contribution in [2.75, 3.05) is 13.1 Å². The van der Waals surface area contributed by atoms with Gasteiger partial charge in [-0.3, -0.25) is 29.0 Å². The lowest BCUT2D eigenvalue weighted by atomic mass is 9.99. The summed E-state index contributed by atoms with van der Waals surface area (Å²) in [5.74, 6) is -3.10. The topological polar surface area (TPSA) is 250 Å². The van der Waals surface area contributed by atoms with Gasteiger partial charge in [-0.15, -0.1) is 0 Å². The number of primary amides is 1. The molecule has 0 bridgehead atoms. The molecule has 0 aliphatic carbocycles. The third kappa shape index (κ3) is 14.2. The number of unbranched alkanes of at least 4 members (excludes halogenated alkanes) is 1. The Morgan fingerprint density at radius 2 is 1.22 bits per heavy atom. The van der Waals surface area contributed by atoms with Gasteiger partial charge in [0.05, 0.1) is 0 Å². The molecule has 0 aromatic heterocycles. The van der Waals surface area contributed by atoms with Crippen molar-refractivity contribution in [1.82, 2.24) is 21.3 Å². The smallest absolute Gasteiger partial charge is 0.243 e. The Bertz CT molecular complexity index is 1680. The number of rotatable bonds is 20. The first-order valence-corrected chi connectivity index (χ1v) is 17.9. The van der Waals surface area contributed by atoms with Crippen LogP contribution in [0.15, 0.2) is 71.7 Å². The molecule has 0 saturated heterocycles. The van der Waals surface area contributed by atoms with Crippen molar-refractivity contribution in [2.45, 2.75) is 76.0 Å². The molecule has 0 unspecified atom stereocenters. The lowest BCUT2D eigenvalue weighted by molar-refractivity contribution is -0.134. The third-order valence-corrected chi connectivity index (χ3v) is 8.84. The van der Waals surface area contributed by atoms with Crippen molar-refractivity contribution < 1.29 is 24.0 Å². The molecule has 3 aromatic rings. The van der Waals surface area contributed by atoms with Crippen LogP contribution in [0.5, 0.6) is 0 Å². The molecule has 274 valence electrons. The first-order valence-electron chi connectivity index (χ1n) is 16.8. The van der Waals surface area contributed by atoms with Crippen molar-refractivity contribution in [2.24, 2.45) is 27.9 Å². The molecule has 14 nitrogen and oxygen atoms in total. The molecule has 0 aliphatic rings. The van der Waals surface area contributed by atoms with Gasteiger partial charge in [0, 0.05) is 29.9 Å². The van der Waals surface area contributed by atoms with E-state index in [0.29, 0.717) is 25.8 Å². The molecule has 51 heavy (non-hydrogen) atoms. The molecule has 4 atom stereocenters. The van der Waals surface area contributed by atoms with Gasteiger partial charge in [-0.05, 0) is 95.3 Å². The van der Waals surface area contributed by atoms with Crippen LogP contribution in [0.2, 0.25) is 0 Å². The minimum atomic E-state index is -1.15. The lowest BCUT2D eigenvalue weighted by Crippen LogP contribution is -2.58. The van der Waals surface area contributed by atoms with E-state index in [4.69, 9.17) is 22.9 Å². The number of fused-ring (bicyclic) bond motifs is 1. The van der Waals surface area contributed by atoms with E-state index >= 15 is 0 Å². The zero-order chi connectivity index (χ0) is 37.3. The van der Waals surface area contributed by atoms with Crippen molar-refractivity contribution in [3.63, 3.8) is 0 Å². The van der Waals surface area contributed by atoms with Crippen LogP contribution in [0.4, 0.5) is 0 Å². The van der Waals surface area contributed by atoms with Gasteiger partial charge in [0.25, 0.3) is 0 Å². The highest BCUT2D eigenvalue weighted by Crippen LogP contribution is 2.17. The number of nitrogens with zero attached hydrogens (tertiary/aromatic N) is 1. The summed E-state index contributed by atoms with van der Waals surface area (Å²) < 4.78 is 1.01. The lowest BCUT2D eigenvalue weighted by Gasteiger charge is -2.26. The van der Waals surface area contributed by atoms with Crippen LogP contribution in [0.1, 0.15) is 50.2 Å². The highest BCUT2D eigenvalue weighted by molar-refractivity contribution is 14.1. The molecule has 15 heteroatoms. The number of carbonyl (C=O) groups is 5. The second kappa shape index (κ2) is 20.8. The second-order valence-electron chi connectivity index (χ2n) is 12.3. The van der Waals surface area contributed by atoms with Crippen LogP contribution in [0, 0.1) is 3.57 Å². The first kappa shape index (κ1) is 40.7. The van der Waals surface area contributed by atoms with Gasteiger partial charge in [0.2, 0.25) is 29.5 Å². The van der Waals surface area contributed by atoms with Gasteiger partial charge >= 0.3 is 0 Å². The first-order chi connectivity index (χ1) is 24.4. The Morgan fingerprint density at radius 3 is 1.84 bits per heavy atom. The molecule has 0 heterocycles. The number of hydrogen-bond donors (Lipinski definition) is 8. The van der Waals surface area contributed by atoms with Gasteiger partial charge < -0.3 is 44.2 Å². The maximum Gasteiger partial charge on any atom is 0.243 e. The van der Waals surface area contributed by atoms with Gasteiger partial charge in [0.15, 0.2) is 5.96 Å². The molecular weight excluding hydrogens is 765 g/mol. The van der Waals surface area contributed by atoms with Crippen LogP contribution in [-0.2, 0) is 36.8 Å². The van der Waals surface area contributed by atoms with E-state index in [9.17, 15) is 24.0 Å². The molecule has 3 aromatic carbocycles. The highest BCUT2D eigenvalue weighted by Gasteiger charge is 2.31. The number of halogens is 1. The van der Waals surface area contributed by atoms with E-state index in [1.54, 1.807) is 0 Å². The number of carbonyl (C=O) groups excluding carboxylic acids is 5. The number of aliphatic imine (C=N–C) groups is 1. The monoisotopic (exact) mass is 813 g/mol. The van der Waals surface area contributed by atoms with E-state index in [0.717, 1.165) is 25.5 Å². The quantitative estimate of drug-likeness (QED) is 0.0351. The fourth-order valence-corrected chi connectivity index (χ4v) is 5.85. The van der Waals surface area contributed by atoms with Gasteiger partial charge in [-0.25, -0.2) is 0 Å². The molecule has 5 amide bonds. The largest absolute Gasteiger partial charge is 0.370 e. The predicted molar refractivity (Wildman–Crippen MR) is 206 cm³/mol. The molecule has 0 spiro atoms. The average molecular weight is 814 g/mol. The SMILES string of the molecule is CC(=O)N[C@H](Cc1ccc(I)cc1)C(=O)N[C@@H](CCCN=C(N)N)C(=O)N[C@@H](Cc1ccc2ccccc2c1)C(=O)N[C@@H](CCCCN)C(N)=O. The highest BCUT2D eigenvalue weighted by atomic mass is 127. The summed E-state index contributed by atoms with van der Waals surface area (Å²) in [5.41, 5.74) is 23.7. The van der Waals surface area contributed by atoms with Crippen LogP contribution in [0.3, 0.4) is 0 Å². The van der Waals surface area contributed by atoms with Crippen LogP contribution in [0.25, 0.3) is 10.8 Å². The molecular formula is C36H48IN9O5. The Labute approximate surface area is 311 Å². The van der Waals surface area contributed by atoms with Crippen LogP contribution >= 0.6 is 22.6 Å². The molecule has 3 rings (SSSR count). The Balaban J connectivity index is 1.90. The predicted octanol–water partition coefficient (Wildman–Crippen LogP) is 0.857. The maximum atomic E-state index is 14.0. The summed E-state index contributed by atoms with van der Waals surface area (Å²) in [6, 6.07) is 16.7. The Hall–Kier alpha value is -4.77. The van der Waals surface area contributed by atoms with E-state index in [1.165, 1.54) is 6.92 Å². The normalized spacial score (nSPS) is 13.2. The number of nitrogens with one attached hydrogen (secondary N) is 4. The van der Waals surface area contributed by atoms with E-state index in [1.807, 2.05) is 66.7 Å². The summed E-state index contributed by atoms with van der Waals surface area (Å²) in [6.07, 6.45) is 2.16. The fourth-order valence-electron chi connectivity index (χ4n) is 5.49. The number of amides is 5. The van der Waals surface area contributed by atoms with Crippen molar-refractivity contribution >= 4 is 68.9 Å². The maximum absolute atomic E-state index is 14.0. The molecule has 0 aliphatic heterocycles. The third-order valence-electron chi connectivity index (χ3n) is 8.12. The minimum absolute atomic E-state index is 0.0761. The van der Waals surface area contributed by atoms with E-state index in [-0.39, 0.29) is 38.2 Å². The molecule has 0 saturated carbocycles. The number of benzene rings is 3. The summed E-state index contributed by atoms with van der Waals surface area (Å²) in [5, 5.41) is 12.9. The van der Waals surface area contributed by atoms with Crippen LogP contribution in [-0.4, -0.2) is 72.8 Å². The standard InChI is InChI=1S/C36H48IN9O5/c1-22(47)43-30(20-23-12-15-27(37)16-13-23)34(50)45-29(10-6-18-42-36(40)41)33(49)46-31(35(51)44-28(32(39)48)9-4-5-17-38)21-24-11-14-25-7-2-3-8-26(25)19-24/h2-3,7-8,11-16,19,28-31H,4-6,9-10,17-18,20-21,38H2,1H3,(H2,39,48)(H,43,47)(H,44,51)(H,45,50)(H,46,49)(H4,40,41,42)/t28-,29-,30+,31-/m0/s1. The summed E-state index contributed by atoms with van der Waals surface area (Å²) in [4.78, 5) is 69.8. The average Bonchev–Trinajstić information content (AvgIpc) is 3.08. The van der Waals surface area contributed by atoms with Crippen LogP contribution < -0.4 is 44.2 Å². The zero-order valence-electron chi connectivity index (χ0n) is 28.7. The Morgan fingerprint density at radius 1 is 0.667 bits per heavy atom. The second-order valence-corrected chi connectivity index (χ2v) is 13.5.